The molecule has 1 aromatic rings. The zero-order valence-corrected chi connectivity index (χ0v) is 12.3. The molecule has 0 aromatic carbocycles. The van der Waals surface area contributed by atoms with E-state index in [9.17, 15) is 0 Å². The van der Waals surface area contributed by atoms with Crippen LogP contribution in [0.15, 0.2) is 16.7 Å². The second kappa shape index (κ2) is 5.85. The minimum Gasteiger partial charge on any atom is -0.369 e. The third kappa shape index (κ3) is 3.44. The molecule has 0 saturated heterocycles. The molecule has 2 rings (SSSR count). The molecule has 2 atom stereocenters. The van der Waals surface area contributed by atoms with Gasteiger partial charge in [0, 0.05) is 12.7 Å². The molecule has 0 spiro atoms. The highest BCUT2D eigenvalue weighted by Gasteiger charge is 2.18. The van der Waals surface area contributed by atoms with Crippen LogP contribution in [0, 0.1) is 18.8 Å². The van der Waals surface area contributed by atoms with Gasteiger partial charge in [-0.15, -0.1) is 0 Å². The van der Waals surface area contributed by atoms with E-state index in [-0.39, 0.29) is 0 Å². The van der Waals surface area contributed by atoms with Gasteiger partial charge in [-0.25, -0.2) is 4.98 Å². The van der Waals surface area contributed by atoms with Crippen LogP contribution in [0.3, 0.4) is 0 Å². The lowest BCUT2D eigenvalue weighted by molar-refractivity contribution is 0.293. The molecule has 0 amide bonds. The van der Waals surface area contributed by atoms with Gasteiger partial charge in [-0.3, -0.25) is 0 Å². The summed E-state index contributed by atoms with van der Waals surface area (Å²) in [5, 5.41) is 3.49. The molecule has 1 aliphatic carbocycles. The number of hydrogen-bond donors (Lipinski definition) is 1. The van der Waals surface area contributed by atoms with Gasteiger partial charge >= 0.3 is 0 Å². The maximum Gasteiger partial charge on any atom is 0.140 e. The molecular formula is C14H21BrN2. The molecule has 1 aromatic heterocycles. The molecule has 1 N–H and O–H groups in total. The summed E-state index contributed by atoms with van der Waals surface area (Å²) in [5.74, 6) is 2.70. The molecule has 2 nitrogen and oxygen atoms in total. The van der Waals surface area contributed by atoms with Gasteiger partial charge < -0.3 is 5.32 Å². The Morgan fingerprint density at radius 2 is 2.29 bits per heavy atom. The summed E-state index contributed by atoms with van der Waals surface area (Å²) in [6, 6.07) is 2.03. The van der Waals surface area contributed by atoms with E-state index in [1.54, 1.807) is 0 Å². The highest BCUT2D eigenvalue weighted by atomic mass is 79.9. The van der Waals surface area contributed by atoms with Gasteiger partial charge in [0.05, 0.1) is 4.47 Å². The molecule has 0 radical (unpaired) electrons. The average molecular weight is 297 g/mol. The van der Waals surface area contributed by atoms with Crippen molar-refractivity contribution in [3.05, 3.63) is 22.3 Å². The topological polar surface area (TPSA) is 24.9 Å². The van der Waals surface area contributed by atoms with Crippen LogP contribution in [0.1, 0.15) is 38.2 Å². The first kappa shape index (κ1) is 12.9. The first-order valence-electron chi connectivity index (χ1n) is 6.51. The van der Waals surface area contributed by atoms with E-state index >= 15 is 0 Å². The quantitative estimate of drug-likeness (QED) is 0.895. The molecule has 0 aliphatic heterocycles. The van der Waals surface area contributed by atoms with E-state index in [2.05, 4.69) is 40.1 Å². The summed E-state index contributed by atoms with van der Waals surface area (Å²) in [6.45, 7) is 5.52. The van der Waals surface area contributed by atoms with Crippen LogP contribution < -0.4 is 5.32 Å². The van der Waals surface area contributed by atoms with Gasteiger partial charge in [0.25, 0.3) is 0 Å². The number of aryl methyl sites for hydroxylation is 1. The van der Waals surface area contributed by atoms with E-state index < -0.39 is 0 Å². The molecule has 0 bridgehead atoms. The number of pyridine rings is 1. The van der Waals surface area contributed by atoms with Crippen molar-refractivity contribution in [1.29, 1.82) is 0 Å². The molecule has 94 valence electrons. The average Bonchev–Trinajstić information content (AvgIpc) is 2.31. The van der Waals surface area contributed by atoms with E-state index in [0.29, 0.717) is 0 Å². The Bertz CT molecular complexity index is 378. The molecule has 1 aliphatic rings. The molecule has 1 heterocycles. The fourth-order valence-corrected chi connectivity index (χ4v) is 3.02. The van der Waals surface area contributed by atoms with Gasteiger partial charge in [-0.2, -0.15) is 0 Å². The summed E-state index contributed by atoms with van der Waals surface area (Å²) in [5.41, 5.74) is 1.24. The van der Waals surface area contributed by atoms with E-state index in [0.717, 1.165) is 28.7 Å². The Morgan fingerprint density at radius 1 is 1.47 bits per heavy atom. The standard InChI is InChI=1S/C14H21BrN2/c1-10-4-3-5-12(8-10)9-17-14-13(15)11(2)6-7-16-14/h6-7,10,12H,3-5,8-9H2,1-2H3,(H,16,17). The summed E-state index contributed by atoms with van der Waals surface area (Å²) in [6.07, 6.45) is 7.38. The van der Waals surface area contributed by atoms with Gasteiger partial charge in [0.2, 0.25) is 0 Å². The van der Waals surface area contributed by atoms with E-state index in [4.69, 9.17) is 0 Å². The van der Waals surface area contributed by atoms with E-state index in [1.165, 1.54) is 31.2 Å². The van der Waals surface area contributed by atoms with Crippen LogP contribution in [0.2, 0.25) is 0 Å². The smallest absolute Gasteiger partial charge is 0.140 e. The number of aromatic nitrogens is 1. The minimum atomic E-state index is 0.813. The minimum absolute atomic E-state index is 0.813. The monoisotopic (exact) mass is 296 g/mol. The molecule has 1 fully saturated rings. The van der Waals surface area contributed by atoms with Gasteiger partial charge in [0.1, 0.15) is 5.82 Å². The first-order valence-corrected chi connectivity index (χ1v) is 7.31. The Balaban J connectivity index is 1.91. The summed E-state index contributed by atoms with van der Waals surface area (Å²) in [4.78, 5) is 4.38. The lowest BCUT2D eigenvalue weighted by Gasteiger charge is -2.27. The summed E-state index contributed by atoms with van der Waals surface area (Å²) < 4.78 is 1.10. The van der Waals surface area contributed by atoms with Crippen molar-refractivity contribution >= 4 is 21.7 Å². The van der Waals surface area contributed by atoms with Crippen LogP contribution in [-0.4, -0.2) is 11.5 Å². The molecular weight excluding hydrogens is 276 g/mol. The van der Waals surface area contributed by atoms with Crippen molar-refractivity contribution < 1.29 is 0 Å². The van der Waals surface area contributed by atoms with Crippen LogP contribution in [-0.2, 0) is 0 Å². The third-order valence-electron chi connectivity index (χ3n) is 3.69. The summed E-state index contributed by atoms with van der Waals surface area (Å²) >= 11 is 3.59. The number of rotatable bonds is 3. The van der Waals surface area contributed by atoms with Crippen LogP contribution >= 0.6 is 15.9 Å². The van der Waals surface area contributed by atoms with Crippen LogP contribution in [0.5, 0.6) is 0 Å². The maximum absolute atomic E-state index is 4.38. The third-order valence-corrected chi connectivity index (χ3v) is 4.69. The second-order valence-corrected chi connectivity index (χ2v) is 6.10. The Kier molecular flexibility index (Phi) is 4.43. The lowest BCUT2D eigenvalue weighted by atomic mass is 9.82. The molecule has 3 heteroatoms. The number of anilines is 1. The number of nitrogens with zero attached hydrogens (tertiary/aromatic N) is 1. The Morgan fingerprint density at radius 3 is 3.06 bits per heavy atom. The highest BCUT2D eigenvalue weighted by Crippen LogP contribution is 2.29. The van der Waals surface area contributed by atoms with Crippen LogP contribution in [0.25, 0.3) is 0 Å². The zero-order chi connectivity index (χ0) is 12.3. The molecule has 1 saturated carbocycles. The van der Waals surface area contributed by atoms with Crippen molar-refractivity contribution in [3.8, 4) is 0 Å². The SMILES string of the molecule is Cc1ccnc(NCC2CCCC(C)C2)c1Br. The number of nitrogens with one attached hydrogen (secondary N) is 1. The lowest BCUT2D eigenvalue weighted by Crippen LogP contribution is -2.21. The van der Waals surface area contributed by atoms with Crippen molar-refractivity contribution in [1.82, 2.24) is 4.98 Å². The van der Waals surface area contributed by atoms with E-state index in [1.807, 2.05) is 12.3 Å². The predicted molar refractivity (Wildman–Crippen MR) is 76.3 cm³/mol. The van der Waals surface area contributed by atoms with Gasteiger partial charge in [-0.1, -0.05) is 19.8 Å². The molecule has 17 heavy (non-hydrogen) atoms. The van der Waals surface area contributed by atoms with Crippen molar-refractivity contribution in [2.45, 2.75) is 39.5 Å². The highest BCUT2D eigenvalue weighted by molar-refractivity contribution is 9.10. The van der Waals surface area contributed by atoms with Gasteiger partial charge in [0.15, 0.2) is 0 Å². The summed E-state index contributed by atoms with van der Waals surface area (Å²) in [7, 11) is 0. The Hall–Kier alpha value is -0.570. The fraction of sp³-hybridized carbons (Fsp3) is 0.643. The second-order valence-electron chi connectivity index (χ2n) is 5.31. The Labute approximate surface area is 112 Å². The number of hydrogen-bond acceptors (Lipinski definition) is 2. The van der Waals surface area contributed by atoms with Crippen molar-refractivity contribution in [2.75, 3.05) is 11.9 Å². The molecule has 2 unspecified atom stereocenters. The zero-order valence-electron chi connectivity index (χ0n) is 10.7. The largest absolute Gasteiger partial charge is 0.369 e. The number of halogens is 1. The van der Waals surface area contributed by atoms with Gasteiger partial charge in [-0.05, 0) is 59.2 Å². The van der Waals surface area contributed by atoms with Crippen molar-refractivity contribution in [3.63, 3.8) is 0 Å². The fourth-order valence-electron chi connectivity index (χ4n) is 2.65. The predicted octanol–water partition coefficient (Wildman–Crippen LogP) is 4.39. The normalized spacial score (nSPS) is 24.6. The van der Waals surface area contributed by atoms with Crippen molar-refractivity contribution in [2.24, 2.45) is 11.8 Å². The van der Waals surface area contributed by atoms with Crippen LogP contribution in [0.4, 0.5) is 5.82 Å². The first-order chi connectivity index (χ1) is 8.16. The maximum atomic E-state index is 4.38.